The van der Waals surface area contributed by atoms with Crippen LogP contribution in [0.5, 0.6) is 0 Å². The first-order valence-electron chi connectivity index (χ1n) is 7.25. The van der Waals surface area contributed by atoms with E-state index in [1.165, 1.54) is 5.56 Å². The molecule has 0 atom stereocenters. The van der Waals surface area contributed by atoms with Gasteiger partial charge in [0.25, 0.3) is 0 Å². The molecule has 1 fully saturated rings. The number of carbonyl (C=O) groups excluding carboxylic acids is 2. The average molecular weight is 274 g/mol. The minimum atomic E-state index is 0.0101. The number of hydrogen-bond donors (Lipinski definition) is 1. The van der Waals surface area contributed by atoms with E-state index in [4.69, 9.17) is 0 Å². The number of carbonyl (C=O) groups is 2. The highest BCUT2D eigenvalue weighted by Crippen LogP contribution is 2.20. The molecule has 1 aromatic rings. The van der Waals surface area contributed by atoms with Gasteiger partial charge in [0.15, 0.2) is 0 Å². The maximum Gasteiger partial charge on any atom is 0.227 e. The fourth-order valence-corrected chi connectivity index (χ4v) is 2.57. The van der Waals surface area contributed by atoms with Gasteiger partial charge in [-0.3, -0.25) is 9.59 Å². The molecule has 0 saturated carbocycles. The minimum absolute atomic E-state index is 0.0101. The van der Waals surface area contributed by atoms with Gasteiger partial charge in [-0.1, -0.05) is 19.1 Å². The van der Waals surface area contributed by atoms with Gasteiger partial charge in [-0.15, -0.1) is 0 Å². The zero-order valence-electron chi connectivity index (χ0n) is 12.2. The smallest absolute Gasteiger partial charge is 0.227 e. The van der Waals surface area contributed by atoms with Crippen molar-refractivity contribution in [2.75, 3.05) is 18.4 Å². The van der Waals surface area contributed by atoms with Crippen molar-refractivity contribution in [2.24, 2.45) is 5.92 Å². The number of nitrogens with zero attached hydrogens (tertiary/aromatic N) is 1. The number of rotatable bonds is 3. The second kappa shape index (κ2) is 6.55. The molecule has 4 nitrogen and oxygen atoms in total. The van der Waals surface area contributed by atoms with Gasteiger partial charge < -0.3 is 10.2 Å². The molecule has 2 rings (SSSR count). The molecule has 0 unspecified atom stereocenters. The maximum atomic E-state index is 12.2. The molecule has 1 saturated heterocycles. The molecule has 1 aromatic carbocycles. The van der Waals surface area contributed by atoms with E-state index < -0.39 is 0 Å². The summed E-state index contributed by atoms with van der Waals surface area (Å²) in [5.74, 6) is 0.178. The molecule has 1 aliphatic rings. The Morgan fingerprint density at radius 3 is 2.60 bits per heavy atom. The van der Waals surface area contributed by atoms with Gasteiger partial charge in [0.2, 0.25) is 11.8 Å². The van der Waals surface area contributed by atoms with Crippen LogP contribution >= 0.6 is 0 Å². The van der Waals surface area contributed by atoms with Crippen molar-refractivity contribution in [1.82, 2.24) is 4.90 Å². The summed E-state index contributed by atoms with van der Waals surface area (Å²) in [5, 5.41) is 2.99. The van der Waals surface area contributed by atoms with Crippen LogP contribution in [0.25, 0.3) is 0 Å². The minimum Gasteiger partial charge on any atom is -0.343 e. The van der Waals surface area contributed by atoms with Crippen molar-refractivity contribution in [1.29, 1.82) is 0 Å². The van der Waals surface area contributed by atoms with Crippen LogP contribution < -0.4 is 5.32 Å². The summed E-state index contributed by atoms with van der Waals surface area (Å²) < 4.78 is 0. The highest BCUT2D eigenvalue weighted by atomic mass is 16.2. The van der Waals surface area contributed by atoms with Gasteiger partial charge in [-0.05, 0) is 37.0 Å². The lowest BCUT2D eigenvalue weighted by Gasteiger charge is -2.30. The third-order valence-corrected chi connectivity index (χ3v) is 3.91. The summed E-state index contributed by atoms with van der Waals surface area (Å²) in [6, 6.07) is 7.96. The van der Waals surface area contributed by atoms with Crippen LogP contribution in [-0.4, -0.2) is 29.8 Å². The van der Waals surface area contributed by atoms with Gasteiger partial charge in [0.05, 0.1) is 0 Å². The Balaban J connectivity index is 1.91. The van der Waals surface area contributed by atoms with Crippen LogP contribution in [0.15, 0.2) is 24.3 Å². The van der Waals surface area contributed by atoms with Gasteiger partial charge in [0.1, 0.15) is 0 Å². The molecular weight excluding hydrogens is 252 g/mol. The van der Waals surface area contributed by atoms with E-state index in [1.54, 1.807) is 6.92 Å². The van der Waals surface area contributed by atoms with Crippen LogP contribution in [0.4, 0.5) is 5.69 Å². The van der Waals surface area contributed by atoms with Crippen molar-refractivity contribution in [3.63, 3.8) is 0 Å². The summed E-state index contributed by atoms with van der Waals surface area (Å²) in [6.45, 7) is 5.04. The van der Waals surface area contributed by atoms with Gasteiger partial charge >= 0.3 is 0 Å². The number of benzene rings is 1. The Morgan fingerprint density at radius 1 is 1.30 bits per heavy atom. The first-order valence-corrected chi connectivity index (χ1v) is 7.25. The third-order valence-electron chi connectivity index (χ3n) is 3.91. The Labute approximate surface area is 120 Å². The Hall–Kier alpha value is -1.84. The Kier molecular flexibility index (Phi) is 4.77. The molecule has 1 aliphatic heterocycles. The van der Waals surface area contributed by atoms with Crippen molar-refractivity contribution < 1.29 is 9.59 Å². The number of amides is 2. The molecule has 20 heavy (non-hydrogen) atoms. The standard InChI is InChI=1S/C16H22N2O2/c1-3-13-5-4-6-15(11-13)17-16(20)14-7-9-18(10-8-14)12(2)19/h4-6,11,14H,3,7-10H2,1-2H3,(H,17,20). The lowest BCUT2D eigenvalue weighted by molar-refractivity contribution is -0.132. The summed E-state index contributed by atoms with van der Waals surface area (Å²) >= 11 is 0. The van der Waals surface area contributed by atoms with Crippen LogP contribution in [0.1, 0.15) is 32.3 Å². The van der Waals surface area contributed by atoms with Gasteiger partial charge in [-0.2, -0.15) is 0 Å². The molecular formula is C16H22N2O2. The topological polar surface area (TPSA) is 49.4 Å². The quantitative estimate of drug-likeness (QED) is 0.920. The zero-order valence-corrected chi connectivity index (χ0v) is 12.2. The monoisotopic (exact) mass is 274 g/mol. The zero-order chi connectivity index (χ0) is 14.5. The highest BCUT2D eigenvalue weighted by molar-refractivity contribution is 5.92. The molecule has 0 spiro atoms. The number of hydrogen-bond acceptors (Lipinski definition) is 2. The number of likely N-dealkylation sites (tertiary alicyclic amines) is 1. The number of nitrogens with one attached hydrogen (secondary N) is 1. The fourth-order valence-electron chi connectivity index (χ4n) is 2.57. The normalized spacial score (nSPS) is 16.0. The van der Waals surface area contributed by atoms with E-state index in [0.29, 0.717) is 13.1 Å². The molecule has 1 heterocycles. The van der Waals surface area contributed by atoms with Gasteiger partial charge in [0, 0.05) is 31.6 Å². The predicted molar refractivity (Wildman–Crippen MR) is 79.4 cm³/mol. The summed E-state index contributed by atoms with van der Waals surface area (Å²) in [7, 11) is 0. The summed E-state index contributed by atoms with van der Waals surface area (Å²) in [4.78, 5) is 25.3. The van der Waals surface area contributed by atoms with E-state index in [-0.39, 0.29) is 17.7 Å². The van der Waals surface area contributed by atoms with Crippen molar-refractivity contribution >= 4 is 17.5 Å². The molecule has 2 amide bonds. The van der Waals surface area contributed by atoms with E-state index >= 15 is 0 Å². The van der Waals surface area contributed by atoms with E-state index in [2.05, 4.69) is 18.3 Å². The van der Waals surface area contributed by atoms with E-state index in [9.17, 15) is 9.59 Å². The lowest BCUT2D eigenvalue weighted by atomic mass is 9.95. The second-order valence-corrected chi connectivity index (χ2v) is 5.32. The molecule has 0 bridgehead atoms. The van der Waals surface area contributed by atoms with E-state index in [0.717, 1.165) is 24.9 Å². The Morgan fingerprint density at radius 2 is 2.00 bits per heavy atom. The molecule has 1 N–H and O–H groups in total. The van der Waals surface area contributed by atoms with Crippen molar-refractivity contribution in [3.8, 4) is 0 Å². The first-order chi connectivity index (χ1) is 9.60. The SMILES string of the molecule is CCc1cccc(NC(=O)C2CCN(C(C)=O)CC2)c1. The average Bonchev–Trinajstić information content (AvgIpc) is 2.47. The first kappa shape index (κ1) is 14.6. The van der Waals surface area contributed by atoms with Crippen molar-refractivity contribution in [3.05, 3.63) is 29.8 Å². The van der Waals surface area contributed by atoms with Gasteiger partial charge in [-0.25, -0.2) is 0 Å². The molecule has 108 valence electrons. The molecule has 0 radical (unpaired) electrons. The summed E-state index contributed by atoms with van der Waals surface area (Å²) in [5.41, 5.74) is 2.08. The largest absolute Gasteiger partial charge is 0.343 e. The highest BCUT2D eigenvalue weighted by Gasteiger charge is 2.25. The van der Waals surface area contributed by atoms with Crippen LogP contribution in [0.3, 0.4) is 0 Å². The van der Waals surface area contributed by atoms with Crippen LogP contribution in [0.2, 0.25) is 0 Å². The lowest BCUT2D eigenvalue weighted by Crippen LogP contribution is -2.40. The molecule has 4 heteroatoms. The third kappa shape index (κ3) is 3.59. The van der Waals surface area contributed by atoms with Crippen LogP contribution in [0, 0.1) is 5.92 Å². The summed E-state index contributed by atoms with van der Waals surface area (Å²) in [6.07, 6.45) is 2.46. The fraction of sp³-hybridized carbons (Fsp3) is 0.500. The number of piperidine rings is 1. The van der Waals surface area contributed by atoms with Crippen molar-refractivity contribution in [2.45, 2.75) is 33.1 Å². The van der Waals surface area contributed by atoms with E-state index in [1.807, 2.05) is 23.1 Å². The molecule has 0 aliphatic carbocycles. The number of aryl methyl sites for hydroxylation is 1. The molecule has 0 aromatic heterocycles. The second-order valence-electron chi connectivity index (χ2n) is 5.32. The maximum absolute atomic E-state index is 12.2. The van der Waals surface area contributed by atoms with Crippen LogP contribution in [-0.2, 0) is 16.0 Å². The predicted octanol–water partition coefficient (Wildman–Crippen LogP) is 2.45. The number of anilines is 1. The Bertz CT molecular complexity index is 491.